The third-order valence-corrected chi connectivity index (χ3v) is 3.89. The molecule has 2 heterocycles. The number of methoxy groups -OCH3 is 1. The highest BCUT2D eigenvalue weighted by atomic mass is 16.5. The number of anilines is 1. The van der Waals surface area contributed by atoms with Crippen LogP contribution in [0.25, 0.3) is 5.70 Å². The molecule has 0 amide bonds. The standard InChI is InChI=1S/C18H21N5O3/c1-25-16-15(14(19)7-8-20-13-5-3-2-4-6-13)21-18(22-17(16)24)23-9-11-26-12-10-23/h2-8H,9-12,19H2,1H3,(H,21,22,24). The molecule has 0 spiro atoms. The summed E-state index contributed by atoms with van der Waals surface area (Å²) in [6, 6.07) is 9.47. The first kappa shape index (κ1) is 17.7. The van der Waals surface area contributed by atoms with Gasteiger partial charge in [0, 0.05) is 19.3 Å². The summed E-state index contributed by atoms with van der Waals surface area (Å²) >= 11 is 0. The second-order valence-electron chi connectivity index (χ2n) is 5.61. The van der Waals surface area contributed by atoms with Crippen molar-refractivity contribution in [3.8, 4) is 5.75 Å². The molecule has 0 unspecified atom stereocenters. The van der Waals surface area contributed by atoms with Crippen molar-refractivity contribution in [2.45, 2.75) is 0 Å². The van der Waals surface area contributed by atoms with Gasteiger partial charge in [-0.2, -0.15) is 0 Å². The van der Waals surface area contributed by atoms with Crippen molar-refractivity contribution in [3.05, 3.63) is 52.5 Å². The van der Waals surface area contributed by atoms with E-state index in [1.54, 1.807) is 12.3 Å². The van der Waals surface area contributed by atoms with Gasteiger partial charge in [0.15, 0.2) is 0 Å². The first-order valence-electron chi connectivity index (χ1n) is 8.25. The zero-order valence-electron chi connectivity index (χ0n) is 14.5. The minimum Gasteiger partial charge on any atom is -0.490 e. The summed E-state index contributed by atoms with van der Waals surface area (Å²) in [5, 5.41) is 0. The van der Waals surface area contributed by atoms with E-state index >= 15 is 0 Å². The van der Waals surface area contributed by atoms with Crippen LogP contribution in [0.2, 0.25) is 0 Å². The first-order valence-corrected chi connectivity index (χ1v) is 8.25. The molecule has 1 aliphatic rings. The van der Waals surface area contributed by atoms with E-state index in [2.05, 4.69) is 15.0 Å². The van der Waals surface area contributed by atoms with Crippen molar-refractivity contribution in [2.75, 3.05) is 38.3 Å². The van der Waals surface area contributed by atoms with Gasteiger partial charge in [-0.05, 0) is 18.2 Å². The largest absolute Gasteiger partial charge is 0.490 e. The molecule has 0 aliphatic carbocycles. The summed E-state index contributed by atoms with van der Waals surface area (Å²) in [4.78, 5) is 25.8. The first-order chi connectivity index (χ1) is 12.7. The third-order valence-electron chi connectivity index (χ3n) is 3.89. The van der Waals surface area contributed by atoms with Gasteiger partial charge in [-0.25, -0.2) is 4.98 Å². The molecule has 3 N–H and O–H groups in total. The number of ether oxygens (including phenoxy) is 2. The minimum absolute atomic E-state index is 0.0730. The van der Waals surface area contributed by atoms with Crippen LogP contribution in [0.5, 0.6) is 5.75 Å². The molecule has 1 aliphatic heterocycles. The second kappa shape index (κ2) is 8.30. The number of morpholine rings is 1. The zero-order chi connectivity index (χ0) is 18.4. The van der Waals surface area contributed by atoms with Gasteiger partial charge >= 0.3 is 0 Å². The summed E-state index contributed by atoms with van der Waals surface area (Å²) < 4.78 is 10.5. The van der Waals surface area contributed by atoms with Gasteiger partial charge in [0.2, 0.25) is 11.7 Å². The van der Waals surface area contributed by atoms with E-state index in [0.29, 0.717) is 37.9 Å². The number of nitrogens with one attached hydrogen (secondary N) is 1. The normalized spacial score (nSPS) is 15.4. The van der Waals surface area contributed by atoms with Crippen LogP contribution in [0, 0.1) is 0 Å². The molecule has 2 aromatic rings. The van der Waals surface area contributed by atoms with Crippen LogP contribution in [0.4, 0.5) is 11.6 Å². The number of nitrogens with zero attached hydrogens (tertiary/aromatic N) is 3. The molecule has 3 rings (SSSR count). The Morgan fingerprint density at radius 1 is 1.35 bits per heavy atom. The number of benzene rings is 1. The maximum atomic E-state index is 12.3. The van der Waals surface area contributed by atoms with Gasteiger partial charge in [-0.3, -0.25) is 14.8 Å². The Labute approximate surface area is 151 Å². The maximum absolute atomic E-state index is 12.3. The Hall–Kier alpha value is -3.13. The van der Waals surface area contributed by atoms with Crippen molar-refractivity contribution in [1.82, 2.24) is 9.97 Å². The zero-order valence-corrected chi connectivity index (χ0v) is 14.5. The van der Waals surface area contributed by atoms with Crippen LogP contribution < -0.4 is 20.9 Å². The Morgan fingerprint density at radius 3 is 2.77 bits per heavy atom. The van der Waals surface area contributed by atoms with Gasteiger partial charge in [0.1, 0.15) is 5.69 Å². The van der Waals surface area contributed by atoms with E-state index < -0.39 is 0 Å². The SMILES string of the molecule is COc1c(C(N)=CC=Nc2ccccc2)nc(N2CCOCC2)[nH]c1=O. The molecule has 0 saturated carbocycles. The van der Waals surface area contributed by atoms with Crippen molar-refractivity contribution < 1.29 is 9.47 Å². The fourth-order valence-corrected chi connectivity index (χ4v) is 2.56. The number of aliphatic imine (C=N–C) groups is 1. The predicted molar refractivity (Wildman–Crippen MR) is 101 cm³/mol. The number of aromatic nitrogens is 2. The fourth-order valence-electron chi connectivity index (χ4n) is 2.56. The molecule has 1 aromatic carbocycles. The van der Waals surface area contributed by atoms with E-state index in [0.717, 1.165) is 5.69 Å². The van der Waals surface area contributed by atoms with E-state index in [-0.39, 0.29) is 17.0 Å². The fraction of sp³-hybridized carbons (Fsp3) is 0.278. The average Bonchev–Trinajstić information content (AvgIpc) is 2.68. The Balaban J connectivity index is 1.91. The molecule has 1 saturated heterocycles. The lowest BCUT2D eigenvalue weighted by Gasteiger charge is -2.27. The molecule has 1 fully saturated rings. The molecule has 26 heavy (non-hydrogen) atoms. The van der Waals surface area contributed by atoms with Gasteiger partial charge in [-0.1, -0.05) is 18.2 Å². The van der Waals surface area contributed by atoms with Crippen molar-refractivity contribution in [1.29, 1.82) is 0 Å². The quantitative estimate of drug-likeness (QED) is 0.784. The number of hydrogen-bond acceptors (Lipinski definition) is 7. The van der Waals surface area contributed by atoms with E-state index in [4.69, 9.17) is 15.2 Å². The molecule has 0 bridgehead atoms. The van der Waals surface area contributed by atoms with Crippen LogP contribution in [0.1, 0.15) is 5.69 Å². The lowest BCUT2D eigenvalue weighted by molar-refractivity contribution is 0.122. The van der Waals surface area contributed by atoms with E-state index in [9.17, 15) is 4.79 Å². The number of H-pyrrole nitrogens is 1. The highest BCUT2D eigenvalue weighted by Gasteiger charge is 2.19. The summed E-state index contributed by atoms with van der Waals surface area (Å²) in [7, 11) is 1.41. The van der Waals surface area contributed by atoms with E-state index in [1.807, 2.05) is 35.2 Å². The number of para-hydroxylation sites is 1. The van der Waals surface area contributed by atoms with Gasteiger partial charge < -0.3 is 20.1 Å². The average molecular weight is 355 g/mol. The van der Waals surface area contributed by atoms with Crippen LogP contribution in [-0.4, -0.2) is 49.6 Å². The Morgan fingerprint density at radius 2 is 2.08 bits per heavy atom. The molecular formula is C18H21N5O3. The summed E-state index contributed by atoms with van der Waals surface area (Å²) in [5.41, 5.74) is 7.14. The van der Waals surface area contributed by atoms with Crippen molar-refractivity contribution in [3.63, 3.8) is 0 Å². The van der Waals surface area contributed by atoms with Crippen LogP contribution in [0.3, 0.4) is 0 Å². The molecule has 136 valence electrons. The van der Waals surface area contributed by atoms with Crippen molar-refractivity contribution in [2.24, 2.45) is 10.7 Å². The van der Waals surface area contributed by atoms with Crippen molar-refractivity contribution >= 4 is 23.5 Å². The monoisotopic (exact) mass is 355 g/mol. The molecule has 1 aromatic heterocycles. The highest BCUT2D eigenvalue weighted by molar-refractivity contribution is 5.85. The summed E-state index contributed by atoms with van der Waals surface area (Å²) in [6.07, 6.45) is 3.17. The van der Waals surface area contributed by atoms with E-state index in [1.165, 1.54) is 7.11 Å². The van der Waals surface area contributed by atoms with Gasteiger partial charge in [0.25, 0.3) is 5.56 Å². The van der Waals surface area contributed by atoms with Crippen LogP contribution in [0.15, 0.2) is 46.2 Å². The predicted octanol–water partition coefficient (Wildman–Crippen LogP) is 1.32. The molecule has 8 heteroatoms. The van der Waals surface area contributed by atoms with Gasteiger partial charge in [-0.15, -0.1) is 0 Å². The Kier molecular flexibility index (Phi) is 5.65. The van der Waals surface area contributed by atoms with Gasteiger partial charge in [0.05, 0.1) is 31.7 Å². The highest BCUT2D eigenvalue weighted by Crippen LogP contribution is 2.19. The number of rotatable bonds is 5. The second-order valence-corrected chi connectivity index (χ2v) is 5.61. The minimum atomic E-state index is -0.379. The maximum Gasteiger partial charge on any atom is 0.295 e. The lowest BCUT2D eigenvalue weighted by atomic mass is 10.2. The lowest BCUT2D eigenvalue weighted by Crippen LogP contribution is -2.38. The molecular weight excluding hydrogens is 334 g/mol. The Bertz CT molecular complexity index is 855. The molecule has 0 radical (unpaired) electrons. The molecule has 0 atom stereocenters. The molecule has 8 nitrogen and oxygen atoms in total. The number of nitrogens with two attached hydrogens (primary N) is 1. The number of allylic oxidation sites excluding steroid dienone is 1. The third kappa shape index (κ3) is 4.09. The topological polar surface area (TPSA) is 106 Å². The smallest absolute Gasteiger partial charge is 0.295 e. The summed E-state index contributed by atoms with van der Waals surface area (Å²) in [5.74, 6) is 0.523. The van der Waals surface area contributed by atoms with Crippen LogP contribution >= 0.6 is 0 Å². The number of hydrogen-bond donors (Lipinski definition) is 2. The summed E-state index contributed by atoms with van der Waals surface area (Å²) in [6.45, 7) is 2.46. The number of aromatic amines is 1. The van der Waals surface area contributed by atoms with Crippen LogP contribution in [-0.2, 0) is 4.74 Å².